The molecule has 1 N–H and O–H groups in total. The number of ether oxygens (including phenoxy) is 2. The van der Waals surface area contributed by atoms with Crippen LogP contribution in [0.4, 0.5) is 0 Å². The van der Waals surface area contributed by atoms with E-state index < -0.39 is 0 Å². The molecule has 0 aliphatic carbocycles. The van der Waals surface area contributed by atoms with Gasteiger partial charge in [0.2, 0.25) is 0 Å². The number of halogens is 1. The summed E-state index contributed by atoms with van der Waals surface area (Å²) in [5, 5.41) is 3.46. The molecule has 1 atom stereocenters. The first-order valence-electron chi connectivity index (χ1n) is 6.50. The standard InChI is InChI=1S/C14H21BrN2O2/c1-10-8-17(5-4-16-10)9-11-6-13(18-2)14(19-3)7-12(11)15/h6-7,10,16H,4-5,8-9H2,1-3H3/t10-/m0/s1. The molecule has 1 aliphatic heterocycles. The van der Waals surface area contributed by atoms with Crippen molar-refractivity contribution in [2.75, 3.05) is 33.9 Å². The van der Waals surface area contributed by atoms with E-state index in [4.69, 9.17) is 9.47 Å². The van der Waals surface area contributed by atoms with Crippen molar-refractivity contribution >= 4 is 15.9 Å². The highest BCUT2D eigenvalue weighted by Gasteiger charge is 2.18. The fraction of sp³-hybridized carbons (Fsp3) is 0.571. The van der Waals surface area contributed by atoms with Gasteiger partial charge in [-0.3, -0.25) is 4.90 Å². The van der Waals surface area contributed by atoms with E-state index >= 15 is 0 Å². The third-order valence-corrected chi connectivity index (χ3v) is 4.14. The molecule has 0 unspecified atom stereocenters. The summed E-state index contributed by atoms with van der Waals surface area (Å²) in [6.45, 7) is 6.33. The molecule has 1 heterocycles. The lowest BCUT2D eigenvalue weighted by Crippen LogP contribution is -2.48. The Morgan fingerprint density at radius 2 is 2.00 bits per heavy atom. The summed E-state index contributed by atoms with van der Waals surface area (Å²) in [6.07, 6.45) is 0. The summed E-state index contributed by atoms with van der Waals surface area (Å²) in [6, 6.07) is 4.57. The molecular formula is C14H21BrN2O2. The average Bonchev–Trinajstić information content (AvgIpc) is 2.40. The summed E-state index contributed by atoms with van der Waals surface area (Å²) in [5.41, 5.74) is 1.23. The number of rotatable bonds is 4. The zero-order valence-corrected chi connectivity index (χ0v) is 13.3. The van der Waals surface area contributed by atoms with Gasteiger partial charge >= 0.3 is 0 Å². The number of nitrogens with one attached hydrogen (secondary N) is 1. The van der Waals surface area contributed by atoms with Crippen molar-refractivity contribution in [2.45, 2.75) is 19.5 Å². The van der Waals surface area contributed by atoms with Gasteiger partial charge in [-0.05, 0) is 24.6 Å². The lowest BCUT2D eigenvalue weighted by atomic mass is 10.1. The van der Waals surface area contributed by atoms with Gasteiger partial charge in [0.1, 0.15) is 0 Å². The van der Waals surface area contributed by atoms with Crippen LogP contribution in [0.2, 0.25) is 0 Å². The van der Waals surface area contributed by atoms with Gasteiger partial charge in [0.25, 0.3) is 0 Å². The third-order valence-electron chi connectivity index (χ3n) is 3.40. The van der Waals surface area contributed by atoms with Crippen LogP contribution in [-0.2, 0) is 6.54 Å². The SMILES string of the molecule is COc1cc(Br)c(CN2CCN[C@@H](C)C2)cc1OC. The number of piperazine rings is 1. The molecule has 0 bridgehead atoms. The Balaban J connectivity index is 2.15. The molecule has 0 spiro atoms. The van der Waals surface area contributed by atoms with Crippen molar-refractivity contribution in [2.24, 2.45) is 0 Å². The molecular weight excluding hydrogens is 308 g/mol. The lowest BCUT2D eigenvalue weighted by molar-refractivity contribution is 0.199. The van der Waals surface area contributed by atoms with E-state index in [1.165, 1.54) is 5.56 Å². The zero-order chi connectivity index (χ0) is 13.8. The Hall–Kier alpha value is -0.780. The lowest BCUT2D eigenvalue weighted by Gasteiger charge is -2.32. The molecule has 0 radical (unpaired) electrons. The largest absolute Gasteiger partial charge is 0.493 e. The second kappa shape index (κ2) is 6.59. The van der Waals surface area contributed by atoms with Gasteiger partial charge < -0.3 is 14.8 Å². The van der Waals surface area contributed by atoms with E-state index in [0.29, 0.717) is 6.04 Å². The fourth-order valence-electron chi connectivity index (χ4n) is 2.41. The van der Waals surface area contributed by atoms with E-state index in [1.54, 1.807) is 14.2 Å². The fourth-order valence-corrected chi connectivity index (χ4v) is 2.86. The summed E-state index contributed by atoms with van der Waals surface area (Å²) in [4.78, 5) is 2.45. The monoisotopic (exact) mass is 328 g/mol. The van der Waals surface area contributed by atoms with Crippen molar-refractivity contribution in [1.29, 1.82) is 0 Å². The number of hydrogen-bond acceptors (Lipinski definition) is 4. The first-order chi connectivity index (χ1) is 9.13. The number of benzene rings is 1. The Morgan fingerprint density at radius 1 is 1.32 bits per heavy atom. The number of nitrogens with zero attached hydrogens (tertiary/aromatic N) is 1. The maximum absolute atomic E-state index is 5.37. The zero-order valence-electron chi connectivity index (χ0n) is 11.7. The van der Waals surface area contributed by atoms with Crippen LogP contribution in [0.3, 0.4) is 0 Å². The Kier molecular flexibility index (Phi) is 5.07. The van der Waals surface area contributed by atoms with Gasteiger partial charge in [-0.15, -0.1) is 0 Å². The minimum atomic E-state index is 0.549. The molecule has 1 aliphatic rings. The van der Waals surface area contributed by atoms with Gasteiger partial charge in [-0.1, -0.05) is 15.9 Å². The van der Waals surface area contributed by atoms with E-state index in [0.717, 1.165) is 42.2 Å². The van der Waals surface area contributed by atoms with Gasteiger partial charge in [0, 0.05) is 36.7 Å². The summed E-state index contributed by atoms with van der Waals surface area (Å²) in [5.74, 6) is 1.54. The number of hydrogen-bond donors (Lipinski definition) is 1. The Labute approximate surface area is 123 Å². The average molecular weight is 329 g/mol. The molecule has 0 amide bonds. The normalized spacial score (nSPS) is 20.3. The highest BCUT2D eigenvalue weighted by molar-refractivity contribution is 9.10. The second-order valence-electron chi connectivity index (χ2n) is 4.89. The second-order valence-corrected chi connectivity index (χ2v) is 5.74. The Bertz CT molecular complexity index is 440. The highest BCUT2D eigenvalue weighted by atomic mass is 79.9. The highest BCUT2D eigenvalue weighted by Crippen LogP contribution is 2.33. The summed E-state index contributed by atoms with van der Waals surface area (Å²) in [7, 11) is 3.32. The van der Waals surface area contributed by atoms with E-state index in [-0.39, 0.29) is 0 Å². The molecule has 1 aromatic rings. The predicted molar refractivity (Wildman–Crippen MR) is 80.0 cm³/mol. The van der Waals surface area contributed by atoms with Crippen LogP contribution < -0.4 is 14.8 Å². The minimum Gasteiger partial charge on any atom is -0.493 e. The van der Waals surface area contributed by atoms with E-state index in [1.807, 2.05) is 6.07 Å². The van der Waals surface area contributed by atoms with Gasteiger partial charge in [0.05, 0.1) is 14.2 Å². The van der Waals surface area contributed by atoms with E-state index in [2.05, 4.69) is 39.1 Å². The summed E-state index contributed by atoms with van der Waals surface area (Å²) < 4.78 is 11.7. The molecule has 19 heavy (non-hydrogen) atoms. The van der Waals surface area contributed by atoms with Crippen LogP contribution in [0.25, 0.3) is 0 Å². The van der Waals surface area contributed by atoms with Gasteiger partial charge in [-0.25, -0.2) is 0 Å². The smallest absolute Gasteiger partial charge is 0.161 e. The molecule has 1 aromatic carbocycles. The molecule has 0 saturated carbocycles. The van der Waals surface area contributed by atoms with Crippen LogP contribution in [0.15, 0.2) is 16.6 Å². The predicted octanol–water partition coefficient (Wildman–Crippen LogP) is 2.26. The molecule has 2 rings (SSSR count). The topological polar surface area (TPSA) is 33.7 Å². The van der Waals surface area contributed by atoms with Crippen molar-refractivity contribution in [3.63, 3.8) is 0 Å². The molecule has 5 heteroatoms. The third kappa shape index (κ3) is 3.61. The molecule has 1 fully saturated rings. The van der Waals surface area contributed by atoms with Crippen LogP contribution in [0.5, 0.6) is 11.5 Å². The van der Waals surface area contributed by atoms with Crippen LogP contribution in [0.1, 0.15) is 12.5 Å². The molecule has 106 valence electrons. The van der Waals surface area contributed by atoms with Crippen molar-refractivity contribution in [3.05, 3.63) is 22.2 Å². The maximum Gasteiger partial charge on any atom is 0.161 e. The van der Waals surface area contributed by atoms with Crippen LogP contribution in [-0.4, -0.2) is 44.8 Å². The molecule has 0 aromatic heterocycles. The van der Waals surface area contributed by atoms with E-state index in [9.17, 15) is 0 Å². The first kappa shape index (κ1) is 14.6. The summed E-state index contributed by atoms with van der Waals surface area (Å²) >= 11 is 3.62. The van der Waals surface area contributed by atoms with Gasteiger partial charge in [-0.2, -0.15) is 0 Å². The number of methoxy groups -OCH3 is 2. The van der Waals surface area contributed by atoms with Crippen molar-refractivity contribution in [1.82, 2.24) is 10.2 Å². The maximum atomic E-state index is 5.37. The Morgan fingerprint density at radius 3 is 2.63 bits per heavy atom. The quantitative estimate of drug-likeness (QED) is 0.919. The first-order valence-corrected chi connectivity index (χ1v) is 7.29. The van der Waals surface area contributed by atoms with Crippen LogP contribution in [0, 0.1) is 0 Å². The molecule has 1 saturated heterocycles. The minimum absolute atomic E-state index is 0.549. The molecule has 4 nitrogen and oxygen atoms in total. The van der Waals surface area contributed by atoms with Crippen molar-refractivity contribution in [3.8, 4) is 11.5 Å². The van der Waals surface area contributed by atoms with Crippen LogP contribution >= 0.6 is 15.9 Å². The van der Waals surface area contributed by atoms with Gasteiger partial charge in [0.15, 0.2) is 11.5 Å². The van der Waals surface area contributed by atoms with Crippen molar-refractivity contribution < 1.29 is 9.47 Å².